The molecule has 2 aromatic heterocycles. The zero-order valence-electron chi connectivity index (χ0n) is 12.6. The second-order valence-corrected chi connectivity index (χ2v) is 4.96. The third-order valence-electron chi connectivity index (χ3n) is 3.74. The van der Waals surface area contributed by atoms with Crippen molar-refractivity contribution in [3.63, 3.8) is 0 Å². The van der Waals surface area contributed by atoms with E-state index in [0.29, 0.717) is 18.4 Å². The average molecular weight is 277 g/mol. The van der Waals surface area contributed by atoms with Crippen LogP contribution in [0.4, 0.5) is 5.82 Å². The SMILES string of the molecule is CCC(C)N(CC)Cc1nc(NN)c2cnn(C)c2n1. The summed E-state index contributed by atoms with van der Waals surface area (Å²) in [5.74, 6) is 6.94. The monoisotopic (exact) mass is 277 g/mol. The fourth-order valence-corrected chi connectivity index (χ4v) is 2.27. The highest BCUT2D eigenvalue weighted by molar-refractivity contribution is 5.86. The first-order chi connectivity index (χ1) is 9.60. The maximum Gasteiger partial charge on any atom is 0.163 e. The Kier molecular flexibility index (Phi) is 4.51. The van der Waals surface area contributed by atoms with Gasteiger partial charge in [0.1, 0.15) is 5.82 Å². The molecule has 2 aromatic rings. The molecular weight excluding hydrogens is 254 g/mol. The molecule has 0 spiro atoms. The predicted molar refractivity (Wildman–Crippen MR) is 80.0 cm³/mol. The lowest BCUT2D eigenvalue weighted by molar-refractivity contribution is 0.201. The van der Waals surface area contributed by atoms with E-state index in [0.717, 1.165) is 29.8 Å². The number of nitrogen functional groups attached to an aromatic ring is 1. The molecule has 0 aliphatic rings. The van der Waals surface area contributed by atoms with Crippen LogP contribution >= 0.6 is 0 Å². The Morgan fingerprint density at radius 1 is 1.40 bits per heavy atom. The molecular formula is C13H23N7. The van der Waals surface area contributed by atoms with E-state index >= 15 is 0 Å². The van der Waals surface area contributed by atoms with E-state index < -0.39 is 0 Å². The number of nitrogens with zero attached hydrogens (tertiary/aromatic N) is 5. The highest BCUT2D eigenvalue weighted by Gasteiger charge is 2.15. The van der Waals surface area contributed by atoms with Crippen LogP contribution in [0, 0.1) is 0 Å². The summed E-state index contributed by atoms with van der Waals surface area (Å²) in [6, 6.07) is 0.500. The molecule has 0 amide bonds. The fourth-order valence-electron chi connectivity index (χ4n) is 2.27. The lowest BCUT2D eigenvalue weighted by atomic mass is 10.2. The summed E-state index contributed by atoms with van der Waals surface area (Å²) in [5, 5.41) is 5.04. The van der Waals surface area contributed by atoms with Crippen molar-refractivity contribution in [2.75, 3.05) is 12.0 Å². The number of hydrogen-bond donors (Lipinski definition) is 2. The number of rotatable bonds is 6. The van der Waals surface area contributed by atoms with E-state index in [1.807, 2.05) is 7.05 Å². The lowest BCUT2D eigenvalue weighted by Gasteiger charge is -2.26. The van der Waals surface area contributed by atoms with Gasteiger partial charge in [-0.15, -0.1) is 0 Å². The molecule has 0 aliphatic carbocycles. The Labute approximate surface area is 119 Å². The lowest BCUT2D eigenvalue weighted by Crippen LogP contribution is -2.32. The molecule has 0 bridgehead atoms. The molecule has 0 saturated heterocycles. The van der Waals surface area contributed by atoms with Gasteiger partial charge in [-0.05, 0) is 19.9 Å². The van der Waals surface area contributed by atoms with Crippen molar-refractivity contribution in [1.82, 2.24) is 24.6 Å². The van der Waals surface area contributed by atoms with E-state index in [9.17, 15) is 0 Å². The summed E-state index contributed by atoms with van der Waals surface area (Å²) in [7, 11) is 1.87. The zero-order valence-corrected chi connectivity index (χ0v) is 12.6. The molecule has 3 N–H and O–H groups in total. The van der Waals surface area contributed by atoms with E-state index in [-0.39, 0.29) is 0 Å². The Morgan fingerprint density at radius 3 is 2.75 bits per heavy atom. The molecule has 2 heterocycles. The Balaban J connectivity index is 2.36. The average Bonchev–Trinajstić information content (AvgIpc) is 2.84. The summed E-state index contributed by atoms with van der Waals surface area (Å²) >= 11 is 0. The topological polar surface area (TPSA) is 84.9 Å². The van der Waals surface area contributed by atoms with Crippen LogP contribution in [-0.2, 0) is 13.6 Å². The normalized spacial score (nSPS) is 13.1. The number of anilines is 1. The van der Waals surface area contributed by atoms with Gasteiger partial charge in [0.05, 0.1) is 18.1 Å². The first-order valence-corrected chi connectivity index (χ1v) is 6.99. The second-order valence-electron chi connectivity index (χ2n) is 4.96. The summed E-state index contributed by atoms with van der Waals surface area (Å²) < 4.78 is 1.74. The molecule has 1 atom stereocenters. The molecule has 1 unspecified atom stereocenters. The minimum atomic E-state index is 0.500. The van der Waals surface area contributed by atoms with Gasteiger partial charge in [0.2, 0.25) is 0 Å². The number of fused-ring (bicyclic) bond motifs is 1. The van der Waals surface area contributed by atoms with Crippen molar-refractivity contribution in [1.29, 1.82) is 0 Å². The zero-order chi connectivity index (χ0) is 14.7. The molecule has 2 rings (SSSR count). The minimum Gasteiger partial charge on any atom is -0.308 e. The summed E-state index contributed by atoms with van der Waals surface area (Å²) in [5.41, 5.74) is 3.43. The highest BCUT2D eigenvalue weighted by atomic mass is 15.3. The molecule has 0 aromatic carbocycles. The van der Waals surface area contributed by atoms with Gasteiger partial charge in [0.25, 0.3) is 0 Å². The minimum absolute atomic E-state index is 0.500. The number of nitrogens with two attached hydrogens (primary N) is 1. The van der Waals surface area contributed by atoms with Gasteiger partial charge in [0, 0.05) is 13.1 Å². The third-order valence-corrected chi connectivity index (χ3v) is 3.74. The van der Waals surface area contributed by atoms with E-state index in [2.05, 4.69) is 46.2 Å². The summed E-state index contributed by atoms with van der Waals surface area (Å²) in [6.45, 7) is 8.23. The number of aryl methyl sites for hydroxylation is 1. The standard InChI is InChI=1S/C13H23N7/c1-5-9(3)20(6-2)8-11-16-12(18-14)10-7-15-19(4)13(10)17-11/h7,9H,5-6,8,14H2,1-4H3,(H,16,17,18). The summed E-state index contributed by atoms with van der Waals surface area (Å²) in [4.78, 5) is 11.4. The van der Waals surface area contributed by atoms with Crippen molar-refractivity contribution in [3.05, 3.63) is 12.0 Å². The van der Waals surface area contributed by atoms with Gasteiger partial charge >= 0.3 is 0 Å². The maximum atomic E-state index is 5.55. The van der Waals surface area contributed by atoms with Gasteiger partial charge in [-0.2, -0.15) is 5.10 Å². The predicted octanol–water partition coefficient (Wildman–Crippen LogP) is 1.27. The first kappa shape index (κ1) is 14.7. The van der Waals surface area contributed by atoms with Gasteiger partial charge in [-0.1, -0.05) is 13.8 Å². The molecule has 7 heteroatoms. The molecule has 0 saturated carbocycles. The fraction of sp³-hybridized carbons (Fsp3) is 0.615. The van der Waals surface area contributed by atoms with Crippen molar-refractivity contribution in [2.24, 2.45) is 12.9 Å². The summed E-state index contributed by atoms with van der Waals surface area (Å²) in [6.07, 6.45) is 2.82. The van der Waals surface area contributed by atoms with Gasteiger partial charge in [0.15, 0.2) is 11.5 Å². The smallest absolute Gasteiger partial charge is 0.163 e. The van der Waals surface area contributed by atoms with Crippen LogP contribution in [0.15, 0.2) is 6.20 Å². The van der Waals surface area contributed by atoms with Crippen molar-refractivity contribution < 1.29 is 0 Å². The highest BCUT2D eigenvalue weighted by Crippen LogP contribution is 2.19. The van der Waals surface area contributed by atoms with Crippen LogP contribution in [0.5, 0.6) is 0 Å². The van der Waals surface area contributed by atoms with Gasteiger partial charge < -0.3 is 5.43 Å². The number of nitrogens with one attached hydrogen (secondary N) is 1. The van der Waals surface area contributed by atoms with Crippen LogP contribution in [0.25, 0.3) is 11.0 Å². The quantitative estimate of drug-likeness (QED) is 0.611. The van der Waals surface area contributed by atoms with Crippen molar-refractivity contribution in [2.45, 2.75) is 39.8 Å². The first-order valence-electron chi connectivity index (χ1n) is 6.99. The Bertz CT molecular complexity index is 577. The number of hydrogen-bond acceptors (Lipinski definition) is 6. The molecule has 7 nitrogen and oxygen atoms in total. The number of hydrazine groups is 1. The Morgan fingerprint density at radius 2 is 2.15 bits per heavy atom. The van der Waals surface area contributed by atoms with Crippen LogP contribution in [-0.4, -0.2) is 37.2 Å². The third kappa shape index (κ3) is 2.73. The molecule has 20 heavy (non-hydrogen) atoms. The van der Waals surface area contributed by atoms with Crippen molar-refractivity contribution >= 4 is 16.9 Å². The van der Waals surface area contributed by atoms with Gasteiger partial charge in [-0.25, -0.2) is 15.8 Å². The molecule has 0 aliphatic heterocycles. The van der Waals surface area contributed by atoms with Crippen LogP contribution in [0.1, 0.15) is 33.0 Å². The number of aromatic nitrogens is 4. The molecule has 110 valence electrons. The Hall–Kier alpha value is -1.73. The van der Waals surface area contributed by atoms with Crippen LogP contribution in [0.2, 0.25) is 0 Å². The van der Waals surface area contributed by atoms with Crippen molar-refractivity contribution in [3.8, 4) is 0 Å². The largest absolute Gasteiger partial charge is 0.308 e. The van der Waals surface area contributed by atoms with E-state index in [1.165, 1.54) is 0 Å². The molecule has 0 radical (unpaired) electrons. The van der Waals surface area contributed by atoms with Crippen LogP contribution in [0.3, 0.4) is 0 Å². The maximum absolute atomic E-state index is 5.55. The van der Waals surface area contributed by atoms with Crippen LogP contribution < -0.4 is 11.3 Å². The second kappa shape index (κ2) is 6.15. The van der Waals surface area contributed by atoms with Gasteiger partial charge in [-0.3, -0.25) is 9.58 Å². The van der Waals surface area contributed by atoms with E-state index in [1.54, 1.807) is 10.9 Å². The van der Waals surface area contributed by atoms with E-state index in [4.69, 9.17) is 5.84 Å². The molecule has 0 fully saturated rings.